The Kier molecular flexibility index (Phi) is 3.69. The van der Waals surface area contributed by atoms with Gasteiger partial charge in [-0.1, -0.05) is 12.1 Å². The quantitative estimate of drug-likeness (QED) is 0.718. The first-order valence-electron chi connectivity index (χ1n) is 6.85. The number of fused-ring (bicyclic) bond motifs is 1. The molecule has 1 aromatic heterocycles. The number of nitrogens with zero attached hydrogens (tertiary/aromatic N) is 1. The molecule has 0 saturated heterocycles. The van der Waals surface area contributed by atoms with Crippen LogP contribution in [0.1, 0.15) is 5.56 Å². The largest absolute Gasteiger partial charge is 0.398 e. The number of hydrogen-bond donors (Lipinski definition) is 2. The van der Waals surface area contributed by atoms with E-state index in [1.54, 1.807) is 18.3 Å². The number of hydrogen-bond acceptors (Lipinski definition) is 3. The van der Waals surface area contributed by atoms with Crippen molar-refractivity contribution in [2.45, 2.75) is 6.42 Å². The lowest BCUT2D eigenvalue weighted by molar-refractivity contribution is 0.625. The van der Waals surface area contributed by atoms with Gasteiger partial charge in [-0.25, -0.2) is 4.39 Å². The van der Waals surface area contributed by atoms with Crippen molar-refractivity contribution in [3.63, 3.8) is 0 Å². The molecule has 1 heterocycles. The number of rotatable bonds is 4. The summed E-state index contributed by atoms with van der Waals surface area (Å²) in [5.74, 6) is -0.202. The summed E-state index contributed by atoms with van der Waals surface area (Å²) in [6, 6.07) is 14.3. The standard InChI is InChI=1S/C17H16FN3/c18-13-4-1-3-12(11-13)8-10-20-16-7-6-15(19)14-5-2-9-21-17(14)16/h1-7,9,11,20H,8,10,19H2. The molecule has 106 valence electrons. The van der Waals surface area contributed by atoms with Crippen LogP contribution in [0.4, 0.5) is 15.8 Å². The van der Waals surface area contributed by atoms with E-state index in [4.69, 9.17) is 5.73 Å². The summed E-state index contributed by atoms with van der Waals surface area (Å²) < 4.78 is 13.1. The Balaban J connectivity index is 1.75. The Morgan fingerprint density at radius 1 is 1.10 bits per heavy atom. The van der Waals surface area contributed by atoms with Gasteiger partial charge in [0.1, 0.15) is 5.82 Å². The summed E-state index contributed by atoms with van der Waals surface area (Å²) in [7, 11) is 0. The molecule has 0 bridgehead atoms. The number of aromatic nitrogens is 1. The summed E-state index contributed by atoms with van der Waals surface area (Å²) in [5.41, 5.74) is 9.44. The van der Waals surface area contributed by atoms with Gasteiger partial charge in [0.25, 0.3) is 0 Å². The van der Waals surface area contributed by atoms with E-state index >= 15 is 0 Å². The predicted octanol–water partition coefficient (Wildman–Crippen LogP) is 3.61. The van der Waals surface area contributed by atoms with Crippen LogP contribution in [0, 0.1) is 5.82 Å². The fourth-order valence-corrected chi connectivity index (χ4v) is 2.37. The molecule has 21 heavy (non-hydrogen) atoms. The van der Waals surface area contributed by atoms with Gasteiger partial charge in [0.2, 0.25) is 0 Å². The zero-order chi connectivity index (χ0) is 14.7. The van der Waals surface area contributed by atoms with Gasteiger partial charge < -0.3 is 11.1 Å². The van der Waals surface area contributed by atoms with Crippen molar-refractivity contribution in [1.29, 1.82) is 0 Å². The number of nitrogen functional groups attached to an aromatic ring is 1. The highest BCUT2D eigenvalue weighted by Gasteiger charge is 2.04. The first kappa shape index (κ1) is 13.4. The minimum Gasteiger partial charge on any atom is -0.398 e. The first-order valence-corrected chi connectivity index (χ1v) is 6.85. The van der Waals surface area contributed by atoms with E-state index in [1.165, 1.54) is 6.07 Å². The molecule has 3 nitrogen and oxygen atoms in total. The second-order valence-corrected chi connectivity index (χ2v) is 4.91. The maximum absolute atomic E-state index is 13.1. The predicted molar refractivity (Wildman–Crippen MR) is 84.7 cm³/mol. The Labute approximate surface area is 122 Å². The highest BCUT2D eigenvalue weighted by atomic mass is 19.1. The summed E-state index contributed by atoms with van der Waals surface area (Å²) in [4.78, 5) is 4.38. The Morgan fingerprint density at radius 3 is 2.86 bits per heavy atom. The van der Waals surface area contributed by atoms with E-state index in [-0.39, 0.29) is 5.82 Å². The highest BCUT2D eigenvalue weighted by molar-refractivity contribution is 5.98. The number of benzene rings is 2. The summed E-state index contributed by atoms with van der Waals surface area (Å²) in [5, 5.41) is 4.28. The van der Waals surface area contributed by atoms with Gasteiger partial charge >= 0.3 is 0 Å². The van der Waals surface area contributed by atoms with E-state index in [0.717, 1.165) is 28.6 Å². The van der Waals surface area contributed by atoms with Gasteiger partial charge in [-0.05, 0) is 48.4 Å². The average molecular weight is 281 g/mol. The van der Waals surface area contributed by atoms with Crippen LogP contribution in [0.15, 0.2) is 54.7 Å². The maximum Gasteiger partial charge on any atom is 0.123 e. The van der Waals surface area contributed by atoms with Crippen LogP contribution in [0.2, 0.25) is 0 Å². The molecule has 0 unspecified atom stereocenters. The number of anilines is 2. The van der Waals surface area contributed by atoms with Crippen molar-refractivity contribution in [2.75, 3.05) is 17.6 Å². The third-order valence-corrected chi connectivity index (χ3v) is 3.42. The zero-order valence-corrected chi connectivity index (χ0v) is 11.5. The topological polar surface area (TPSA) is 50.9 Å². The van der Waals surface area contributed by atoms with Gasteiger partial charge in [0, 0.05) is 23.8 Å². The van der Waals surface area contributed by atoms with Crippen molar-refractivity contribution in [1.82, 2.24) is 4.98 Å². The summed E-state index contributed by atoms with van der Waals surface area (Å²) in [6.45, 7) is 0.707. The summed E-state index contributed by atoms with van der Waals surface area (Å²) in [6.07, 6.45) is 2.50. The third kappa shape index (κ3) is 2.94. The van der Waals surface area contributed by atoms with E-state index in [9.17, 15) is 4.39 Å². The van der Waals surface area contributed by atoms with E-state index < -0.39 is 0 Å². The molecule has 0 atom stereocenters. The lowest BCUT2D eigenvalue weighted by Crippen LogP contribution is -2.06. The molecule has 3 rings (SSSR count). The number of pyridine rings is 1. The zero-order valence-electron chi connectivity index (χ0n) is 11.5. The number of halogens is 1. The van der Waals surface area contributed by atoms with Crippen LogP contribution < -0.4 is 11.1 Å². The Morgan fingerprint density at radius 2 is 2.00 bits per heavy atom. The van der Waals surface area contributed by atoms with Crippen molar-refractivity contribution < 1.29 is 4.39 Å². The van der Waals surface area contributed by atoms with Gasteiger partial charge in [-0.3, -0.25) is 4.98 Å². The normalized spacial score (nSPS) is 10.7. The molecular weight excluding hydrogens is 265 g/mol. The molecule has 0 aliphatic rings. The molecule has 0 aliphatic carbocycles. The van der Waals surface area contributed by atoms with Gasteiger partial charge in [0.05, 0.1) is 11.2 Å². The minimum absolute atomic E-state index is 0.202. The summed E-state index contributed by atoms with van der Waals surface area (Å²) >= 11 is 0. The monoisotopic (exact) mass is 281 g/mol. The van der Waals surface area contributed by atoms with Crippen LogP contribution in [0.3, 0.4) is 0 Å². The molecule has 3 aromatic rings. The molecule has 0 aliphatic heterocycles. The van der Waals surface area contributed by atoms with Gasteiger partial charge in [-0.15, -0.1) is 0 Å². The lowest BCUT2D eigenvalue weighted by atomic mass is 10.1. The second-order valence-electron chi connectivity index (χ2n) is 4.91. The van der Waals surface area contributed by atoms with Gasteiger partial charge in [-0.2, -0.15) is 0 Å². The molecule has 2 aromatic carbocycles. The maximum atomic E-state index is 13.1. The Hall–Kier alpha value is -2.62. The smallest absolute Gasteiger partial charge is 0.123 e. The van der Waals surface area contributed by atoms with Crippen LogP contribution in [-0.4, -0.2) is 11.5 Å². The van der Waals surface area contributed by atoms with Crippen molar-refractivity contribution in [3.05, 3.63) is 66.1 Å². The fraction of sp³-hybridized carbons (Fsp3) is 0.118. The minimum atomic E-state index is -0.202. The van der Waals surface area contributed by atoms with Crippen molar-refractivity contribution in [3.8, 4) is 0 Å². The molecule has 0 saturated carbocycles. The average Bonchev–Trinajstić information content (AvgIpc) is 2.50. The number of nitrogens with one attached hydrogen (secondary N) is 1. The first-order chi connectivity index (χ1) is 10.2. The highest BCUT2D eigenvalue weighted by Crippen LogP contribution is 2.26. The molecule has 3 N–H and O–H groups in total. The SMILES string of the molecule is Nc1ccc(NCCc2cccc(F)c2)c2ncccc12. The van der Waals surface area contributed by atoms with Crippen LogP contribution in [0.5, 0.6) is 0 Å². The van der Waals surface area contributed by atoms with E-state index in [2.05, 4.69) is 10.3 Å². The second kappa shape index (κ2) is 5.79. The molecule has 4 heteroatoms. The molecule has 0 spiro atoms. The fourth-order valence-electron chi connectivity index (χ4n) is 2.37. The van der Waals surface area contributed by atoms with Crippen molar-refractivity contribution in [2.24, 2.45) is 0 Å². The van der Waals surface area contributed by atoms with E-state index in [1.807, 2.05) is 30.3 Å². The van der Waals surface area contributed by atoms with Gasteiger partial charge in [0.15, 0.2) is 0 Å². The molecule has 0 amide bonds. The third-order valence-electron chi connectivity index (χ3n) is 3.42. The van der Waals surface area contributed by atoms with E-state index in [0.29, 0.717) is 12.2 Å². The number of nitrogens with two attached hydrogens (primary N) is 1. The molecule has 0 radical (unpaired) electrons. The molecular formula is C17H16FN3. The lowest BCUT2D eigenvalue weighted by Gasteiger charge is -2.10. The molecule has 0 fully saturated rings. The van der Waals surface area contributed by atoms with Crippen LogP contribution in [-0.2, 0) is 6.42 Å². The van der Waals surface area contributed by atoms with Crippen LogP contribution in [0.25, 0.3) is 10.9 Å². The van der Waals surface area contributed by atoms with Crippen molar-refractivity contribution >= 4 is 22.3 Å². The van der Waals surface area contributed by atoms with Crippen LogP contribution >= 0.6 is 0 Å². The Bertz CT molecular complexity index is 771.